The number of phenols is 2. The second-order valence-electron chi connectivity index (χ2n) is 12.1. The molecule has 0 radical (unpaired) electrons. The average Bonchev–Trinajstić information content (AvgIpc) is 3.02. The van der Waals surface area contributed by atoms with Crippen LogP contribution in [-0.4, -0.2) is 61.4 Å². The zero-order chi connectivity index (χ0) is 30.5. The summed E-state index contributed by atoms with van der Waals surface area (Å²) in [6, 6.07) is 19.6. The van der Waals surface area contributed by atoms with Crippen LogP contribution in [0.1, 0.15) is 45.5 Å². The van der Waals surface area contributed by atoms with Gasteiger partial charge in [0.25, 0.3) is 0 Å². The van der Waals surface area contributed by atoms with Gasteiger partial charge in [0, 0.05) is 30.7 Å². The lowest BCUT2D eigenvalue weighted by atomic mass is 9.88. The minimum atomic E-state index is -0.133. The molecule has 44 heavy (non-hydrogen) atoms. The highest BCUT2D eigenvalue weighted by molar-refractivity contribution is 5.57. The molecule has 0 aliphatic carbocycles. The van der Waals surface area contributed by atoms with E-state index in [4.69, 9.17) is 18.9 Å². The molecule has 0 spiro atoms. The number of phenolic OH excluding ortho intramolecular Hbond substituents is 2. The molecule has 228 valence electrons. The van der Waals surface area contributed by atoms with Gasteiger partial charge in [-0.15, -0.1) is 0 Å². The van der Waals surface area contributed by atoms with Crippen LogP contribution in [0.2, 0.25) is 0 Å². The van der Waals surface area contributed by atoms with Gasteiger partial charge < -0.3 is 29.2 Å². The summed E-state index contributed by atoms with van der Waals surface area (Å²) in [7, 11) is 7.51. The summed E-state index contributed by atoms with van der Waals surface area (Å²) in [5.74, 6) is 3.41. The van der Waals surface area contributed by atoms with E-state index in [1.165, 1.54) is 11.1 Å². The van der Waals surface area contributed by atoms with E-state index >= 15 is 0 Å². The number of fused-ring (bicyclic) bond motifs is 6. The second-order valence-corrected chi connectivity index (χ2v) is 12.1. The molecule has 0 saturated heterocycles. The summed E-state index contributed by atoms with van der Waals surface area (Å²) >= 11 is 0. The number of hydrogen-bond acceptors (Lipinski definition) is 8. The molecular formula is C36H38N2O6. The van der Waals surface area contributed by atoms with E-state index in [9.17, 15) is 10.2 Å². The van der Waals surface area contributed by atoms with E-state index < -0.39 is 0 Å². The fourth-order valence-electron chi connectivity index (χ4n) is 6.95. The van der Waals surface area contributed by atoms with Crippen molar-refractivity contribution in [3.05, 3.63) is 94.0 Å². The topological polar surface area (TPSA) is 83.9 Å². The molecule has 0 amide bonds. The number of rotatable bonds is 2. The molecule has 8 nitrogen and oxygen atoms in total. The predicted molar refractivity (Wildman–Crippen MR) is 168 cm³/mol. The molecule has 7 rings (SSSR count). The van der Waals surface area contributed by atoms with Crippen molar-refractivity contribution in [2.24, 2.45) is 0 Å². The van der Waals surface area contributed by atoms with E-state index in [-0.39, 0.29) is 23.6 Å². The maximum Gasteiger partial charge on any atom is 0.169 e. The van der Waals surface area contributed by atoms with Crippen molar-refractivity contribution in [3.8, 4) is 46.0 Å². The van der Waals surface area contributed by atoms with Gasteiger partial charge in [-0.2, -0.15) is 0 Å². The largest absolute Gasteiger partial charge is 0.508 e. The zero-order valence-corrected chi connectivity index (χ0v) is 25.6. The van der Waals surface area contributed by atoms with Gasteiger partial charge in [0.05, 0.1) is 14.2 Å². The first-order valence-corrected chi connectivity index (χ1v) is 15.1. The van der Waals surface area contributed by atoms with Crippen LogP contribution in [0.5, 0.6) is 46.0 Å². The van der Waals surface area contributed by atoms with E-state index in [0.717, 1.165) is 49.0 Å². The minimum absolute atomic E-state index is 0.0310. The number of benzene rings is 4. The van der Waals surface area contributed by atoms with Gasteiger partial charge in [-0.1, -0.05) is 12.1 Å². The Bertz CT molecular complexity index is 1740. The number of aromatic hydroxyl groups is 2. The molecule has 2 atom stereocenters. The quantitative estimate of drug-likeness (QED) is 0.270. The van der Waals surface area contributed by atoms with Crippen LogP contribution < -0.4 is 18.9 Å². The maximum atomic E-state index is 11.5. The second kappa shape index (κ2) is 11.3. The minimum Gasteiger partial charge on any atom is -0.508 e. The summed E-state index contributed by atoms with van der Waals surface area (Å²) in [5.41, 5.74) is 6.24. The lowest BCUT2D eigenvalue weighted by Gasteiger charge is -2.36. The van der Waals surface area contributed by atoms with Crippen molar-refractivity contribution in [1.29, 1.82) is 0 Å². The molecule has 8 bridgehead atoms. The fraction of sp³-hybridized carbons (Fsp3) is 0.333. The molecule has 0 saturated carbocycles. The summed E-state index contributed by atoms with van der Waals surface area (Å²) in [6.45, 7) is 1.76. The number of hydrogen-bond donors (Lipinski definition) is 2. The van der Waals surface area contributed by atoms with Gasteiger partial charge in [-0.05, 0) is 116 Å². The molecule has 0 fully saturated rings. The van der Waals surface area contributed by atoms with Crippen molar-refractivity contribution in [2.45, 2.75) is 37.8 Å². The lowest BCUT2D eigenvalue weighted by molar-refractivity contribution is 0.225. The third kappa shape index (κ3) is 4.98. The van der Waals surface area contributed by atoms with E-state index in [2.05, 4.69) is 48.2 Å². The monoisotopic (exact) mass is 594 g/mol. The third-order valence-corrected chi connectivity index (χ3v) is 9.52. The molecule has 3 heterocycles. The van der Waals surface area contributed by atoms with Crippen LogP contribution >= 0.6 is 0 Å². The van der Waals surface area contributed by atoms with Crippen molar-refractivity contribution in [2.75, 3.05) is 41.4 Å². The summed E-state index contributed by atoms with van der Waals surface area (Å²) in [4.78, 5) is 4.61. The Morgan fingerprint density at radius 2 is 1.39 bits per heavy atom. The first-order valence-electron chi connectivity index (χ1n) is 15.1. The van der Waals surface area contributed by atoms with Crippen LogP contribution in [0.4, 0.5) is 0 Å². The van der Waals surface area contributed by atoms with Gasteiger partial charge in [0.1, 0.15) is 11.5 Å². The summed E-state index contributed by atoms with van der Waals surface area (Å²) in [6.07, 6.45) is 2.92. The molecule has 4 aromatic carbocycles. The van der Waals surface area contributed by atoms with Crippen molar-refractivity contribution < 1.29 is 29.2 Å². The number of methoxy groups -OCH3 is 2. The SMILES string of the molecule is COc1ccc2cc1Oc1cc3c(cc1OC)CCN(C)C3Cc1c(O)ccc(c1O)Oc1ccc3c(c1)C(C2)N(C)CC3. The maximum absolute atomic E-state index is 11.5. The Balaban J connectivity index is 1.43. The highest BCUT2D eigenvalue weighted by atomic mass is 16.5. The Morgan fingerprint density at radius 3 is 2.16 bits per heavy atom. The van der Waals surface area contributed by atoms with Crippen LogP contribution in [0.15, 0.2) is 60.7 Å². The van der Waals surface area contributed by atoms with Crippen LogP contribution in [0.25, 0.3) is 0 Å². The molecule has 3 aliphatic rings. The van der Waals surface area contributed by atoms with E-state index in [1.807, 2.05) is 24.3 Å². The van der Waals surface area contributed by atoms with Crippen molar-refractivity contribution >= 4 is 0 Å². The Kier molecular flexibility index (Phi) is 7.26. The van der Waals surface area contributed by atoms with Crippen molar-refractivity contribution in [1.82, 2.24) is 9.80 Å². The van der Waals surface area contributed by atoms with Crippen molar-refractivity contribution in [3.63, 3.8) is 0 Å². The molecule has 3 aliphatic heterocycles. The van der Waals surface area contributed by atoms with Gasteiger partial charge >= 0.3 is 0 Å². The Hall–Kier alpha value is -4.40. The third-order valence-electron chi connectivity index (χ3n) is 9.52. The molecule has 0 aromatic heterocycles. The molecule has 2 N–H and O–H groups in total. The van der Waals surface area contributed by atoms with E-state index in [1.54, 1.807) is 26.4 Å². The van der Waals surface area contributed by atoms with Gasteiger partial charge in [0.2, 0.25) is 0 Å². The van der Waals surface area contributed by atoms with Crippen LogP contribution in [0.3, 0.4) is 0 Å². The van der Waals surface area contributed by atoms with Crippen LogP contribution in [-0.2, 0) is 25.7 Å². The first-order chi connectivity index (χ1) is 21.3. The number of likely N-dealkylation sites (N-methyl/N-ethyl adjacent to an activating group) is 2. The summed E-state index contributed by atoms with van der Waals surface area (Å²) in [5, 5.41) is 22.4. The van der Waals surface area contributed by atoms with E-state index in [0.29, 0.717) is 46.5 Å². The van der Waals surface area contributed by atoms with Gasteiger partial charge in [-0.3, -0.25) is 9.80 Å². The fourth-order valence-corrected chi connectivity index (χ4v) is 6.95. The van der Waals surface area contributed by atoms with Crippen LogP contribution in [0, 0.1) is 0 Å². The lowest BCUT2D eigenvalue weighted by Crippen LogP contribution is -2.33. The molecular weight excluding hydrogens is 556 g/mol. The normalized spacial score (nSPS) is 19.6. The van der Waals surface area contributed by atoms with Gasteiger partial charge in [-0.25, -0.2) is 0 Å². The first kappa shape index (κ1) is 28.4. The standard InChI is InChI=1S/C36H38N2O6/c1-37-13-11-22-6-7-24-18-25(22)28(37)15-21-5-9-31(41-3)34(16-21)44-35-20-26-23(17-33(35)42-4)12-14-38(2)29(26)19-27-30(39)8-10-32(43-24)36(27)40/h5-10,16-18,20,28-29,39-40H,11-15,19H2,1-4H3. The molecule has 8 heteroatoms. The Morgan fingerprint density at radius 1 is 0.682 bits per heavy atom. The molecule has 2 unspecified atom stereocenters. The number of nitrogens with zero attached hydrogens (tertiary/aromatic N) is 2. The summed E-state index contributed by atoms with van der Waals surface area (Å²) < 4.78 is 24.5. The Labute approximate surface area is 258 Å². The average molecular weight is 595 g/mol. The molecule has 4 aromatic rings. The highest BCUT2D eigenvalue weighted by Crippen LogP contribution is 2.47. The highest BCUT2D eigenvalue weighted by Gasteiger charge is 2.31. The van der Waals surface area contributed by atoms with Gasteiger partial charge in [0.15, 0.2) is 34.5 Å². The smallest absolute Gasteiger partial charge is 0.169 e. The number of ether oxygens (including phenoxy) is 4. The zero-order valence-electron chi connectivity index (χ0n) is 25.6. The predicted octanol–water partition coefficient (Wildman–Crippen LogP) is 6.56.